The Kier molecular flexibility index (Phi) is 5.86. The van der Waals surface area contributed by atoms with Gasteiger partial charge in [0.05, 0.1) is 6.20 Å². The molecule has 5 nitrogen and oxygen atoms in total. The molecule has 0 saturated carbocycles. The Morgan fingerprint density at radius 1 is 1.35 bits per heavy atom. The molecule has 1 aromatic rings. The van der Waals surface area contributed by atoms with Crippen molar-refractivity contribution >= 4 is 23.4 Å². The highest BCUT2D eigenvalue weighted by atomic mass is 35.5. The second-order valence-corrected chi connectivity index (χ2v) is 5.79. The zero-order valence-corrected chi connectivity index (χ0v) is 13.1. The van der Waals surface area contributed by atoms with Gasteiger partial charge in [-0.05, 0) is 52.2 Å². The number of piperidine rings is 1. The lowest BCUT2D eigenvalue weighted by Crippen LogP contribution is -2.30. The average molecular weight is 298 g/mol. The average Bonchev–Trinajstić information content (AvgIpc) is 2.45. The predicted octanol–water partition coefficient (Wildman–Crippen LogP) is 2.71. The number of likely N-dealkylation sites (tertiary alicyclic amines) is 1. The Bertz CT molecular complexity index is 418. The van der Waals surface area contributed by atoms with E-state index in [1.54, 1.807) is 6.20 Å². The van der Waals surface area contributed by atoms with E-state index in [1.165, 1.54) is 32.4 Å². The van der Waals surface area contributed by atoms with Crippen LogP contribution in [0.2, 0.25) is 5.02 Å². The molecule has 20 heavy (non-hydrogen) atoms. The summed E-state index contributed by atoms with van der Waals surface area (Å²) in [7, 11) is 2.19. The van der Waals surface area contributed by atoms with Crippen LogP contribution in [0.1, 0.15) is 26.2 Å². The summed E-state index contributed by atoms with van der Waals surface area (Å²) < 4.78 is 0. The topological polar surface area (TPSA) is 53.1 Å². The summed E-state index contributed by atoms with van der Waals surface area (Å²) in [5, 5.41) is 7.01. The van der Waals surface area contributed by atoms with Gasteiger partial charge in [-0.15, -0.1) is 0 Å². The van der Waals surface area contributed by atoms with E-state index in [0.29, 0.717) is 11.0 Å². The summed E-state index contributed by atoms with van der Waals surface area (Å²) in [6, 6.07) is 0. The number of nitrogens with one attached hydrogen (secondary N) is 2. The van der Waals surface area contributed by atoms with E-state index in [2.05, 4.69) is 32.5 Å². The minimum absolute atomic E-state index is 0.579. The molecule has 1 saturated heterocycles. The van der Waals surface area contributed by atoms with Crippen molar-refractivity contribution in [3.63, 3.8) is 0 Å². The standard InChI is InChI=1S/C14H24ClN5/c1-3-16-14-18-10-12(15)13(19-14)17-7-4-11-5-8-20(2)9-6-11/h10-11H,3-9H2,1-2H3,(H2,16,17,18,19). The first-order chi connectivity index (χ1) is 9.69. The van der Waals surface area contributed by atoms with Crippen molar-refractivity contribution in [2.24, 2.45) is 5.92 Å². The SMILES string of the molecule is CCNc1ncc(Cl)c(NCCC2CCN(C)CC2)n1. The van der Waals surface area contributed by atoms with Gasteiger partial charge in [-0.2, -0.15) is 4.98 Å². The van der Waals surface area contributed by atoms with Gasteiger partial charge in [0.25, 0.3) is 0 Å². The summed E-state index contributed by atoms with van der Waals surface area (Å²) in [5.41, 5.74) is 0. The molecule has 0 amide bonds. The molecule has 1 fully saturated rings. The molecule has 2 rings (SSSR count). The third-order valence-electron chi connectivity index (χ3n) is 3.76. The molecule has 2 heterocycles. The summed E-state index contributed by atoms with van der Waals surface area (Å²) in [6.45, 7) is 6.16. The molecular formula is C14H24ClN5. The minimum atomic E-state index is 0.579. The highest BCUT2D eigenvalue weighted by Gasteiger charge is 2.16. The maximum Gasteiger partial charge on any atom is 0.224 e. The second-order valence-electron chi connectivity index (χ2n) is 5.38. The molecule has 0 aliphatic carbocycles. The third-order valence-corrected chi connectivity index (χ3v) is 4.04. The van der Waals surface area contributed by atoms with Crippen LogP contribution in [0.4, 0.5) is 11.8 Å². The van der Waals surface area contributed by atoms with Crippen molar-refractivity contribution in [3.8, 4) is 0 Å². The molecular weight excluding hydrogens is 274 g/mol. The monoisotopic (exact) mass is 297 g/mol. The van der Waals surface area contributed by atoms with Crippen molar-refractivity contribution < 1.29 is 0 Å². The van der Waals surface area contributed by atoms with Gasteiger partial charge in [0.1, 0.15) is 10.8 Å². The molecule has 0 atom stereocenters. The second kappa shape index (κ2) is 7.64. The number of hydrogen-bond donors (Lipinski definition) is 2. The summed E-state index contributed by atoms with van der Waals surface area (Å²) in [6.07, 6.45) is 5.39. The van der Waals surface area contributed by atoms with E-state index in [4.69, 9.17) is 11.6 Å². The Morgan fingerprint density at radius 3 is 2.80 bits per heavy atom. The Hall–Kier alpha value is -1.07. The van der Waals surface area contributed by atoms with E-state index >= 15 is 0 Å². The fourth-order valence-corrected chi connectivity index (χ4v) is 2.64. The Labute approximate surface area is 126 Å². The number of anilines is 2. The van der Waals surface area contributed by atoms with Crippen molar-refractivity contribution in [2.75, 3.05) is 43.9 Å². The highest BCUT2D eigenvalue weighted by molar-refractivity contribution is 6.32. The number of hydrogen-bond acceptors (Lipinski definition) is 5. The van der Waals surface area contributed by atoms with Crippen LogP contribution >= 0.6 is 11.6 Å². The predicted molar refractivity (Wildman–Crippen MR) is 84.5 cm³/mol. The van der Waals surface area contributed by atoms with Gasteiger partial charge in [0.15, 0.2) is 0 Å². The first-order valence-electron chi connectivity index (χ1n) is 7.38. The molecule has 1 aromatic heterocycles. The maximum absolute atomic E-state index is 6.12. The number of rotatable bonds is 6. The molecule has 2 N–H and O–H groups in total. The van der Waals surface area contributed by atoms with E-state index in [0.717, 1.165) is 24.8 Å². The Balaban J connectivity index is 1.79. The van der Waals surface area contributed by atoms with E-state index in [-0.39, 0.29) is 0 Å². The van der Waals surface area contributed by atoms with Crippen molar-refractivity contribution in [3.05, 3.63) is 11.2 Å². The van der Waals surface area contributed by atoms with Crippen LogP contribution in [0, 0.1) is 5.92 Å². The van der Waals surface area contributed by atoms with Crippen LogP contribution < -0.4 is 10.6 Å². The third kappa shape index (κ3) is 4.49. The van der Waals surface area contributed by atoms with Gasteiger partial charge < -0.3 is 15.5 Å². The summed E-state index contributed by atoms with van der Waals surface area (Å²) in [5.74, 6) is 2.16. The molecule has 112 valence electrons. The molecule has 6 heteroatoms. The van der Waals surface area contributed by atoms with E-state index in [1.807, 2.05) is 6.92 Å². The van der Waals surface area contributed by atoms with Gasteiger partial charge in [-0.25, -0.2) is 4.98 Å². The van der Waals surface area contributed by atoms with Gasteiger partial charge >= 0.3 is 0 Å². The van der Waals surface area contributed by atoms with Crippen molar-refractivity contribution in [2.45, 2.75) is 26.2 Å². The first kappa shape index (κ1) is 15.3. The number of halogens is 1. The van der Waals surface area contributed by atoms with Crippen LogP contribution in [0.15, 0.2) is 6.20 Å². The smallest absolute Gasteiger partial charge is 0.224 e. The van der Waals surface area contributed by atoms with Crippen LogP contribution in [0.3, 0.4) is 0 Å². The van der Waals surface area contributed by atoms with Crippen LogP contribution in [-0.2, 0) is 0 Å². The van der Waals surface area contributed by atoms with Crippen molar-refractivity contribution in [1.82, 2.24) is 14.9 Å². The summed E-state index contributed by atoms with van der Waals surface area (Å²) in [4.78, 5) is 10.9. The van der Waals surface area contributed by atoms with Gasteiger partial charge in [-0.1, -0.05) is 11.6 Å². The molecule has 0 unspecified atom stereocenters. The molecule has 0 aromatic carbocycles. The fraction of sp³-hybridized carbons (Fsp3) is 0.714. The van der Waals surface area contributed by atoms with Crippen molar-refractivity contribution in [1.29, 1.82) is 0 Å². The molecule has 0 bridgehead atoms. The zero-order valence-electron chi connectivity index (χ0n) is 12.3. The quantitative estimate of drug-likeness (QED) is 0.845. The van der Waals surface area contributed by atoms with E-state index < -0.39 is 0 Å². The lowest BCUT2D eigenvalue weighted by atomic mass is 9.94. The number of aromatic nitrogens is 2. The molecule has 1 aliphatic heterocycles. The normalized spacial score (nSPS) is 17.1. The highest BCUT2D eigenvalue weighted by Crippen LogP contribution is 2.22. The lowest BCUT2D eigenvalue weighted by molar-refractivity contribution is 0.215. The number of nitrogens with zero attached hydrogens (tertiary/aromatic N) is 3. The zero-order chi connectivity index (χ0) is 14.4. The van der Waals surface area contributed by atoms with Crippen LogP contribution in [0.5, 0.6) is 0 Å². The van der Waals surface area contributed by atoms with Crippen LogP contribution in [0.25, 0.3) is 0 Å². The first-order valence-corrected chi connectivity index (χ1v) is 7.75. The van der Waals surface area contributed by atoms with Gasteiger partial charge in [0, 0.05) is 13.1 Å². The molecule has 0 spiro atoms. The van der Waals surface area contributed by atoms with Gasteiger partial charge in [-0.3, -0.25) is 0 Å². The minimum Gasteiger partial charge on any atom is -0.369 e. The van der Waals surface area contributed by atoms with Gasteiger partial charge in [0.2, 0.25) is 5.95 Å². The Morgan fingerprint density at radius 2 is 2.10 bits per heavy atom. The molecule has 1 aliphatic rings. The van der Waals surface area contributed by atoms with Crippen LogP contribution in [-0.4, -0.2) is 48.1 Å². The van der Waals surface area contributed by atoms with E-state index in [9.17, 15) is 0 Å². The summed E-state index contributed by atoms with van der Waals surface area (Å²) >= 11 is 6.12. The fourth-order valence-electron chi connectivity index (χ4n) is 2.48. The lowest BCUT2D eigenvalue weighted by Gasteiger charge is -2.28. The largest absolute Gasteiger partial charge is 0.369 e. The maximum atomic E-state index is 6.12. The molecule has 0 radical (unpaired) electrons.